The van der Waals surface area contributed by atoms with Gasteiger partial charge in [0.2, 0.25) is 11.8 Å². The molecule has 0 saturated carbocycles. The minimum Gasteiger partial charge on any atom is -0.493 e. The number of carbonyl (C=O) groups excluding carboxylic acids is 3. The third-order valence-electron chi connectivity index (χ3n) is 11.5. The maximum Gasteiger partial charge on any atom is 0.306 e. The summed E-state index contributed by atoms with van der Waals surface area (Å²) in [4.78, 5) is 52.4. The summed E-state index contributed by atoms with van der Waals surface area (Å²) in [5, 5.41) is 11.3. The first-order valence-electron chi connectivity index (χ1n) is 21.1. The van der Waals surface area contributed by atoms with Crippen LogP contribution in [0.25, 0.3) is 16.1 Å². The molecule has 2 aliphatic heterocycles. The highest BCUT2D eigenvalue weighted by molar-refractivity contribution is 5.79. The molecule has 2 aliphatic rings. The first kappa shape index (κ1) is 44.8. The molecule has 5 rings (SSSR count). The molecule has 0 spiro atoms. The van der Waals surface area contributed by atoms with Gasteiger partial charge in [0.05, 0.1) is 32.0 Å². The standard InChI is InChI=1S/C43H63N11O5/c1-31-24-32(2)54(49-31)38-26-34(35(27-42(57)59-4)30-51-19-16-33(29-51)12-13-36-14-15-39(58-3)43(44)48-36)25-37(28-38)52-20-22-53(23-21-52)41(56)11-9-10-40(55)46-17-7-5-6-8-18-47-50-45/h14-15,24-26,28,33,35H,5-13,16-23,27,29-30H2,1-4H3,(H2,44,48)(H,46,55)/t33-,35-/m1/s1. The maximum absolute atomic E-state index is 13.2. The van der Waals surface area contributed by atoms with Crippen LogP contribution in [0.3, 0.4) is 0 Å². The number of amides is 2. The van der Waals surface area contributed by atoms with Crippen molar-refractivity contribution in [1.29, 1.82) is 0 Å². The molecule has 2 amide bonds. The molecule has 2 saturated heterocycles. The number of esters is 1. The zero-order valence-electron chi connectivity index (χ0n) is 35.4. The molecule has 2 atom stereocenters. The van der Waals surface area contributed by atoms with Crippen molar-refractivity contribution in [3.8, 4) is 11.4 Å². The number of aryl methyl sites for hydroxylation is 3. The second kappa shape index (κ2) is 22.7. The summed E-state index contributed by atoms with van der Waals surface area (Å²) in [7, 11) is 3.04. The lowest BCUT2D eigenvalue weighted by atomic mass is 9.93. The number of piperazine rings is 1. The van der Waals surface area contributed by atoms with E-state index in [1.54, 1.807) is 7.11 Å². The second-order valence-electron chi connectivity index (χ2n) is 15.9. The number of carbonyl (C=O) groups is 3. The molecular formula is C43H63N11O5. The maximum atomic E-state index is 13.2. The van der Waals surface area contributed by atoms with Gasteiger partial charge in [-0.25, -0.2) is 9.67 Å². The molecular weight excluding hydrogens is 751 g/mol. The van der Waals surface area contributed by atoms with E-state index < -0.39 is 0 Å². The molecule has 320 valence electrons. The van der Waals surface area contributed by atoms with Crippen molar-refractivity contribution in [3.63, 3.8) is 0 Å². The van der Waals surface area contributed by atoms with Crippen LogP contribution in [0.1, 0.15) is 92.8 Å². The number of unbranched alkanes of at least 4 members (excludes halogenated alkanes) is 3. The summed E-state index contributed by atoms with van der Waals surface area (Å²) in [5.41, 5.74) is 20.3. The number of nitrogen functional groups attached to an aromatic ring is 1. The van der Waals surface area contributed by atoms with Gasteiger partial charge in [0.25, 0.3) is 0 Å². The van der Waals surface area contributed by atoms with Crippen molar-refractivity contribution in [2.75, 3.05) is 83.8 Å². The van der Waals surface area contributed by atoms with Crippen molar-refractivity contribution in [2.24, 2.45) is 11.0 Å². The van der Waals surface area contributed by atoms with E-state index in [2.05, 4.69) is 54.4 Å². The third kappa shape index (κ3) is 13.6. The number of pyridine rings is 1. The Morgan fingerprint density at radius 3 is 2.47 bits per heavy atom. The number of anilines is 2. The highest BCUT2D eigenvalue weighted by atomic mass is 16.5. The van der Waals surface area contributed by atoms with Crippen molar-refractivity contribution >= 4 is 29.3 Å². The van der Waals surface area contributed by atoms with Crippen LogP contribution in [0.15, 0.2) is 41.5 Å². The van der Waals surface area contributed by atoms with E-state index >= 15 is 0 Å². The van der Waals surface area contributed by atoms with Crippen molar-refractivity contribution in [1.82, 2.24) is 29.9 Å². The summed E-state index contributed by atoms with van der Waals surface area (Å²) < 4.78 is 12.5. The Labute approximate surface area is 348 Å². The van der Waals surface area contributed by atoms with Gasteiger partial charge in [0.1, 0.15) is 0 Å². The molecule has 3 aromatic rings. The number of hydrogen-bond donors (Lipinski definition) is 2. The minimum atomic E-state index is -0.244. The number of likely N-dealkylation sites (tertiary alicyclic amines) is 1. The summed E-state index contributed by atoms with van der Waals surface area (Å²) in [5.74, 6) is 1.21. The highest BCUT2D eigenvalue weighted by Crippen LogP contribution is 2.33. The predicted molar refractivity (Wildman–Crippen MR) is 229 cm³/mol. The SMILES string of the molecule is COC(=O)C[C@H](CN1CC[C@@H](CCc2ccc(OC)c(N)n2)C1)c1cc(N2CCN(C(=O)CCCC(=O)NCCCCCCN=[N+]=[N-])CC2)cc(-n2nc(C)cc2C)c1. The van der Waals surface area contributed by atoms with Crippen LogP contribution in [0.5, 0.6) is 5.75 Å². The molecule has 2 fully saturated rings. The van der Waals surface area contributed by atoms with E-state index in [-0.39, 0.29) is 30.1 Å². The van der Waals surface area contributed by atoms with Gasteiger partial charge in [-0.15, -0.1) is 0 Å². The number of ether oxygens (including phenoxy) is 2. The number of azide groups is 1. The fourth-order valence-corrected chi connectivity index (χ4v) is 8.21. The lowest BCUT2D eigenvalue weighted by molar-refractivity contribution is -0.141. The van der Waals surface area contributed by atoms with Gasteiger partial charge in [-0.3, -0.25) is 14.4 Å². The third-order valence-corrected chi connectivity index (χ3v) is 11.5. The first-order valence-corrected chi connectivity index (χ1v) is 21.1. The summed E-state index contributed by atoms with van der Waals surface area (Å²) in [6, 6.07) is 12.4. The zero-order chi connectivity index (χ0) is 42.1. The Morgan fingerprint density at radius 2 is 1.76 bits per heavy atom. The van der Waals surface area contributed by atoms with E-state index in [1.165, 1.54) is 7.11 Å². The van der Waals surface area contributed by atoms with E-state index in [1.807, 2.05) is 35.6 Å². The molecule has 1 aromatic carbocycles. The monoisotopic (exact) mass is 814 g/mol. The minimum absolute atomic E-state index is 0.0293. The van der Waals surface area contributed by atoms with Crippen LogP contribution in [0.2, 0.25) is 0 Å². The molecule has 16 nitrogen and oxygen atoms in total. The second-order valence-corrected chi connectivity index (χ2v) is 15.9. The van der Waals surface area contributed by atoms with Crippen molar-refractivity contribution < 1.29 is 23.9 Å². The number of hydrogen-bond acceptors (Lipinski definition) is 11. The number of nitrogens with zero attached hydrogens (tertiary/aromatic N) is 9. The van der Waals surface area contributed by atoms with Crippen LogP contribution in [-0.4, -0.2) is 115 Å². The lowest BCUT2D eigenvalue weighted by Crippen LogP contribution is -2.48. The fourth-order valence-electron chi connectivity index (χ4n) is 8.21. The van der Waals surface area contributed by atoms with Crippen LogP contribution < -0.4 is 20.7 Å². The van der Waals surface area contributed by atoms with Crippen LogP contribution in [-0.2, 0) is 25.5 Å². The Bertz CT molecular complexity index is 1900. The number of nitrogens with one attached hydrogen (secondary N) is 1. The van der Waals surface area contributed by atoms with Crippen LogP contribution in [0, 0.1) is 19.8 Å². The van der Waals surface area contributed by atoms with Crippen molar-refractivity contribution in [3.05, 3.63) is 69.5 Å². The van der Waals surface area contributed by atoms with E-state index in [4.69, 9.17) is 25.8 Å². The largest absolute Gasteiger partial charge is 0.493 e. The molecule has 0 unspecified atom stereocenters. The van der Waals surface area contributed by atoms with Gasteiger partial charge in [-0.1, -0.05) is 18.0 Å². The Kier molecular flexibility index (Phi) is 17.2. The Balaban J connectivity index is 1.19. The lowest BCUT2D eigenvalue weighted by Gasteiger charge is -2.37. The zero-order valence-corrected chi connectivity index (χ0v) is 35.4. The van der Waals surface area contributed by atoms with Crippen molar-refractivity contribution in [2.45, 2.75) is 90.4 Å². The molecule has 0 aliphatic carbocycles. The van der Waals surface area contributed by atoms with Gasteiger partial charge in [0, 0.05) is 93.1 Å². The van der Waals surface area contributed by atoms with Gasteiger partial charge in [-0.05, 0) is 112 Å². The molecule has 59 heavy (non-hydrogen) atoms. The molecule has 3 N–H and O–H groups in total. The molecule has 16 heteroatoms. The molecule has 0 radical (unpaired) electrons. The summed E-state index contributed by atoms with van der Waals surface area (Å²) in [6.45, 7) is 10.3. The van der Waals surface area contributed by atoms with E-state index in [0.717, 1.165) is 98.6 Å². The predicted octanol–water partition coefficient (Wildman–Crippen LogP) is 5.88. The van der Waals surface area contributed by atoms with E-state index in [9.17, 15) is 14.4 Å². The van der Waals surface area contributed by atoms with Gasteiger partial charge in [0.15, 0.2) is 11.6 Å². The smallest absolute Gasteiger partial charge is 0.306 e. The molecule has 4 heterocycles. The highest BCUT2D eigenvalue weighted by Gasteiger charge is 2.29. The number of aromatic nitrogens is 3. The summed E-state index contributed by atoms with van der Waals surface area (Å²) >= 11 is 0. The topological polar surface area (TPSA) is 197 Å². The number of nitrogens with two attached hydrogens (primary N) is 1. The number of rotatable bonds is 22. The fraction of sp³-hybridized carbons (Fsp3) is 0.605. The molecule has 0 bridgehead atoms. The molecule has 2 aromatic heterocycles. The van der Waals surface area contributed by atoms with Crippen LogP contribution in [0.4, 0.5) is 11.5 Å². The quantitative estimate of drug-likeness (QED) is 0.0406. The number of benzene rings is 1. The van der Waals surface area contributed by atoms with Crippen LogP contribution >= 0.6 is 0 Å². The Morgan fingerprint density at radius 1 is 0.983 bits per heavy atom. The van der Waals surface area contributed by atoms with Gasteiger partial charge >= 0.3 is 5.97 Å². The van der Waals surface area contributed by atoms with Gasteiger partial charge < -0.3 is 35.2 Å². The summed E-state index contributed by atoms with van der Waals surface area (Å²) in [6.07, 6.45) is 8.02. The average molecular weight is 814 g/mol. The first-order chi connectivity index (χ1) is 28.6. The number of methoxy groups -OCH3 is 2. The Hall–Kier alpha value is -5.34. The average Bonchev–Trinajstić information content (AvgIpc) is 3.84. The van der Waals surface area contributed by atoms with E-state index in [0.29, 0.717) is 76.0 Å². The normalized spacial score (nSPS) is 16.1. The van der Waals surface area contributed by atoms with Gasteiger partial charge in [-0.2, -0.15) is 5.10 Å².